The zero-order valence-corrected chi connectivity index (χ0v) is 14.0. The van der Waals surface area contributed by atoms with Gasteiger partial charge in [-0.25, -0.2) is 0 Å². The summed E-state index contributed by atoms with van der Waals surface area (Å²) < 4.78 is 11.3. The van der Waals surface area contributed by atoms with Crippen molar-refractivity contribution in [2.45, 2.75) is 12.8 Å². The fourth-order valence-corrected chi connectivity index (χ4v) is 2.95. The van der Waals surface area contributed by atoms with Crippen LogP contribution in [0.1, 0.15) is 12.8 Å². The van der Waals surface area contributed by atoms with E-state index in [1.54, 1.807) is 14.2 Å². The Bertz CT molecular complexity index is 496. The van der Waals surface area contributed by atoms with E-state index in [1.165, 1.54) is 0 Å². The van der Waals surface area contributed by atoms with Gasteiger partial charge < -0.3 is 20.1 Å². The molecule has 1 aliphatic heterocycles. The zero-order valence-electron chi connectivity index (χ0n) is 12.4. The summed E-state index contributed by atoms with van der Waals surface area (Å²) in [4.78, 5) is 12.8. The zero-order chi connectivity index (χ0) is 15.3. The predicted octanol–water partition coefficient (Wildman–Crippen LogP) is 2.41. The molecule has 0 radical (unpaired) electrons. The van der Waals surface area contributed by atoms with Crippen LogP contribution in [0.5, 0.6) is 5.75 Å². The van der Waals surface area contributed by atoms with Gasteiger partial charge in [0.05, 0.1) is 24.8 Å². The van der Waals surface area contributed by atoms with Crippen LogP contribution in [0.2, 0.25) is 0 Å². The third-order valence-electron chi connectivity index (χ3n) is 3.88. The number of nitrogens with one attached hydrogen (secondary N) is 2. The third kappa shape index (κ3) is 3.75. The molecule has 116 valence electrons. The number of amides is 1. The Hall–Kier alpha value is -1.11. The average molecular weight is 357 g/mol. The number of ether oxygens (including phenoxy) is 2. The Kier molecular flexibility index (Phi) is 5.61. The second-order valence-corrected chi connectivity index (χ2v) is 6.12. The number of hydrogen-bond donors (Lipinski definition) is 2. The minimum atomic E-state index is -0.470. The van der Waals surface area contributed by atoms with Crippen LogP contribution in [0.3, 0.4) is 0 Å². The summed E-state index contributed by atoms with van der Waals surface area (Å²) in [6.45, 7) is 2.09. The van der Waals surface area contributed by atoms with E-state index in [9.17, 15) is 4.79 Å². The quantitative estimate of drug-likeness (QED) is 0.850. The van der Waals surface area contributed by atoms with Gasteiger partial charge >= 0.3 is 0 Å². The lowest BCUT2D eigenvalue weighted by atomic mass is 9.78. The molecule has 0 aromatic heterocycles. The van der Waals surface area contributed by atoms with E-state index in [4.69, 9.17) is 9.47 Å². The fraction of sp³-hybridized carbons (Fsp3) is 0.533. The van der Waals surface area contributed by atoms with Gasteiger partial charge in [0.15, 0.2) is 0 Å². The van der Waals surface area contributed by atoms with E-state index in [-0.39, 0.29) is 5.91 Å². The van der Waals surface area contributed by atoms with Crippen molar-refractivity contribution in [3.63, 3.8) is 0 Å². The van der Waals surface area contributed by atoms with Gasteiger partial charge in [0, 0.05) is 17.6 Å². The number of benzene rings is 1. The van der Waals surface area contributed by atoms with Crippen LogP contribution in [-0.4, -0.2) is 39.8 Å². The molecular weight excluding hydrogens is 336 g/mol. The van der Waals surface area contributed by atoms with Gasteiger partial charge in [0.25, 0.3) is 0 Å². The molecule has 1 amide bonds. The topological polar surface area (TPSA) is 59.6 Å². The summed E-state index contributed by atoms with van der Waals surface area (Å²) in [5, 5.41) is 6.29. The normalized spacial score (nSPS) is 17.3. The van der Waals surface area contributed by atoms with Crippen molar-refractivity contribution in [3.8, 4) is 5.75 Å². The van der Waals surface area contributed by atoms with Gasteiger partial charge in [0.2, 0.25) is 5.91 Å². The van der Waals surface area contributed by atoms with Crippen molar-refractivity contribution in [3.05, 3.63) is 22.7 Å². The van der Waals surface area contributed by atoms with Crippen LogP contribution in [-0.2, 0) is 9.53 Å². The number of hydrogen-bond acceptors (Lipinski definition) is 4. The lowest BCUT2D eigenvalue weighted by Gasteiger charge is -2.35. The summed E-state index contributed by atoms with van der Waals surface area (Å²) in [6, 6.07) is 5.51. The van der Waals surface area contributed by atoms with Gasteiger partial charge in [-0.3, -0.25) is 4.79 Å². The van der Waals surface area contributed by atoms with Crippen LogP contribution < -0.4 is 15.4 Å². The summed E-state index contributed by atoms with van der Waals surface area (Å²) in [6.07, 6.45) is 1.54. The van der Waals surface area contributed by atoms with Crippen LogP contribution >= 0.6 is 15.9 Å². The Morgan fingerprint density at radius 1 is 1.38 bits per heavy atom. The van der Waals surface area contributed by atoms with Crippen molar-refractivity contribution in [2.24, 2.45) is 5.41 Å². The Morgan fingerprint density at radius 2 is 2.10 bits per heavy atom. The second kappa shape index (κ2) is 7.24. The van der Waals surface area contributed by atoms with Crippen molar-refractivity contribution >= 4 is 27.5 Å². The highest BCUT2D eigenvalue weighted by molar-refractivity contribution is 9.10. The van der Waals surface area contributed by atoms with Gasteiger partial charge in [-0.05, 0) is 54.0 Å². The minimum Gasteiger partial charge on any atom is -0.497 e. The van der Waals surface area contributed by atoms with Crippen LogP contribution in [0.15, 0.2) is 22.7 Å². The smallest absolute Gasteiger partial charge is 0.233 e. The van der Waals surface area contributed by atoms with E-state index in [0.717, 1.165) is 30.4 Å². The van der Waals surface area contributed by atoms with Crippen molar-refractivity contribution < 1.29 is 14.3 Å². The molecule has 21 heavy (non-hydrogen) atoms. The first-order valence-corrected chi connectivity index (χ1v) is 7.75. The lowest BCUT2D eigenvalue weighted by molar-refractivity contribution is -0.130. The molecule has 1 fully saturated rings. The molecular formula is C15H21BrN2O3. The molecule has 0 atom stereocenters. The molecule has 5 nitrogen and oxygen atoms in total. The molecule has 0 saturated carbocycles. The maximum absolute atomic E-state index is 12.8. The number of piperidine rings is 1. The molecule has 1 aromatic carbocycles. The van der Waals surface area contributed by atoms with E-state index < -0.39 is 5.41 Å². The molecule has 2 N–H and O–H groups in total. The largest absolute Gasteiger partial charge is 0.497 e. The van der Waals surface area contributed by atoms with E-state index in [0.29, 0.717) is 18.0 Å². The molecule has 0 bridgehead atoms. The first-order valence-electron chi connectivity index (χ1n) is 6.96. The van der Waals surface area contributed by atoms with E-state index in [1.807, 2.05) is 18.2 Å². The van der Waals surface area contributed by atoms with Crippen LogP contribution in [0.25, 0.3) is 0 Å². The van der Waals surface area contributed by atoms with Crippen molar-refractivity contribution in [1.82, 2.24) is 5.32 Å². The SMILES string of the molecule is COCC1(C(=O)Nc2cc(OC)ccc2Br)CCNCC1. The first-order chi connectivity index (χ1) is 10.1. The van der Waals surface area contributed by atoms with Crippen LogP contribution in [0.4, 0.5) is 5.69 Å². The summed E-state index contributed by atoms with van der Waals surface area (Å²) in [5.74, 6) is 0.708. The maximum Gasteiger partial charge on any atom is 0.233 e. The molecule has 0 aliphatic carbocycles. The highest BCUT2D eigenvalue weighted by Gasteiger charge is 2.39. The molecule has 1 aliphatic rings. The summed E-state index contributed by atoms with van der Waals surface area (Å²) in [7, 11) is 3.24. The molecule has 1 saturated heterocycles. The Balaban J connectivity index is 2.18. The maximum atomic E-state index is 12.8. The highest BCUT2D eigenvalue weighted by Crippen LogP contribution is 2.33. The number of carbonyl (C=O) groups excluding carboxylic acids is 1. The van der Waals surface area contributed by atoms with Gasteiger partial charge in [0.1, 0.15) is 5.75 Å². The standard InChI is InChI=1S/C15H21BrN2O3/c1-20-10-15(5-7-17-8-6-15)14(19)18-13-9-11(21-2)3-4-12(13)16/h3-4,9,17H,5-8,10H2,1-2H3,(H,18,19). The van der Waals surface area contributed by atoms with Crippen LogP contribution in [0, 0.1) is 5.41 Å². The number of halogens is 1. The molecule has 6 heteroatoms. The average Bonchev–Trinajstić information content (AvgIpc) is 2.50. The number of rotatable bonds is 5. The Morgan fingerprint density at radius 3 is 2.71 bits per heavy atom. The third-order valence-corrected chi connectivity index (χ3v) is 4.58. The van der Waals surface area contributed by atoms with Crippen molar-refractivity contribution in [1.29, 1.82) is 0 Å². The molecule has 0 spiro atoms. The number of anilines is 1. The minimum absolute atomic E-state index is 0.000182. The Labute approximate surface area is 133 Å². The fourth-order valence-electron chi connectivity index (χ4n) is 2.60. The summed E-state index contributed by atoms with van der Waals surface area (Å²) in [5.41, 5.74) is 0.246. The lowest BCUT2D eigenvalue weighted by Crippen LogP contribution is -2.47. The van der Waals surface area contributed by atoms with Gasteiger partial charge in [-0.15, -0.1) is 0 Å². The molecule has 1 aromatic rings. The summed E-state index contributed by atoms with van der Waals surface area (Å²) >= 11 is 3.45. The number of carbonyl (C=O) groups is 1. The monoisotopic (exact) mass is 356 g/mol. The highest BCUT2D eigenvalue weighted by atomic mass is 79.9. The molecule has 1 heterocycles. The van der Waals surface area contributed by atoms with Crippen molar-refractivity contribution in [2.75, 3.05) is 39.2 Å². The predicted molar refractivity (Wildman–Crippen MR) is 85.7 cm³/mol. The molecule has 2 rings (SSSR count). The van der Waals surface area contributed by atoms with E-state index >= 15 is 0 Å². The van der Waals surface area contributed by atoms with Gasteiger partial charge in [-0.1, -0.05) is 0 Å². The van der Waals surface area contributed by atoms with Gasteiger partial charge in [-0.2, -0.15) is 0 Å². The molecule has 0 unspecified atom stereocenters. The number of methoxy groups -OCH3 is 2. The second-order valence-electron chi connectivity index (χ2n) is 5.26. The first kappa shape index (κ1) is 16.3. The van der Waals surface area contributed by atoms with E-state index in [2.05, 4.69) is 26.6 Å².